The molecule has 0 aliphatic rings. The van der Waals surface area contributed by atoms with Crippen LogP contribution in [0.25, 0.3) is 0 Å². The topological polar surface area (TPSA) is 46.5 Å². The van der Waals surface area contributed by atoms with Gasteiger partial charge in [-0.3, -0.25) is 4.79 Å². The maximum atomic E-state index is 11.5. The molecule has 18 heavy (non-hydrogen) atoms. The highest BCUT2D eigenvalue weighted by Crippen LogP contribution is 2.36. The van der Waals surface area contributed by atoms with Gasteiger partial charge in [0.15, 0.2) is 0 Å². The van der Waals surface area contributed by atoms with Crippen LogP contribution in [0.1, 0.15) is 38.2 Å². The third kappa shape index (κ3) is 3.39. The molecule has 1 aromatic rings. The Hall–Kier alpha value is -1.22. The van der Waals surface area contributed by atoms with Gasteiger partial charge in [-0.2, -0.15) is 0 Å². The van der Waals surface area contributed by atoms with E-state index >= 15 is 0 Å². The lowest BCUT2D eigenvalue weighted by Crippen LogP contribution is -2.20. The van der Waals surface area contributed by atoms with Gasteiger partial charge in [0.25, 0.3) is 0 Å². The van der Waals surface area contributed by atoms with Crippen molar-refractivity contribution < 1.29 is 14.6 Å². The van der Waals surface area contributed by atoms with Crippen LogP contribution in [0.5, 0.6) is 5.75 Å². The summed E-state index contributed by atoms with van der Waals surface area (Å²) in [6.07, 6.45) is 1.81. The third-order valence-electron chi connectivity index (χ3n) is 3.11. The summed E-state index contributed by atoms with van der Waals surface area (Å²) in [6, 6.07) is 5.10. The lowest BCUT2D eigenvalue weighted by molar-refractivity contribution is -0.140. The quantitative estimate of drug-likeness (QED) is 0.851. The Morgan fingerprint density at radius 1 is 1.50 bits per heavy atom. The zero-order valence-electron chi connectivity index (χ0n) is 10.9. The normalized spacial score (nSPS) is 14.0. The van der Waals surface area contributed by atoms with Gasteiger partial charge in [0.05, 0.1) is 13.0 Å². The minimum atomic E-state index is -0.837. The van der Waals surface area contributed by atoms with Crippen LogP contribution >= 0.6 is 11.6 Å². The van der Waals surface area contributed by atoms with Crippen molar-refractivity contribution in [3.8, 4) is 5.75 Å². The summed E-state index contributed by atoms with van der Waals surface area (Å²) >= 11 is 5.96. The zero-order chi connectivity index (χ0) is 13.7. The van der Waals surface area contributed by atoms with Gasteiger partial charge < -0.3 is 9.84 Å². The number of hydrogen-bond acceptors (Lipinski definition) is 2. The molecule has 1 N–H and O–H groups in total. The fraction of sp³-hybridized carbons (Fsp3) is 0.500. The largest absolute Gasteiger partial charge is 0.496 e. The summed E-state index contributed by atoms with van der Waals surface area (Å²) in [4.78, 5) is 11.5. The van der Waals surface area contributed by atoms with Crippen LogP contribution in [0.3, 0.4) is 0 Å². The molecule has 0 bridgehead atoms. The van der Waals surface area contributed by atoms with E-state index < -0.39 is 11.9 Å². The molecular weight excluding hydrogens is 252 g/mol. The number of benzene rings is 1. The minimum absolute atomic E-state index is 0.0415. The highest BCUT2D eigenvalue weighted by atomic mass is 35.5. The number of aliphatic carboxylic acids is 1. The SMILES string of the molecule is CCCC(C)C(C(=O)O)c1cc(Cl)ccc1OC. The molecule has 2 unspecified atom stereocenters. The Labute approximate surface area is 113 Å². The van der Waals surface area contributed by atoms with E-state index in [1.807, 2.05) is 13.8 Å². The van der Waals surface area contributed by atoms with Crippen LogP contribution in [0.2, 0.25) is 5.02 Å². The molecule has 100 valence electrons. The van der Waals surface area contributed by atoms with Crippen LogP contribution in [-0.2, 0) is 4.79 Å². The number of carboxylic acids is 1. The molecule has 1 rings (SSSR count). The lowest BCUT2D eigenvalue weighted by Gasteiger charge is -2.22. The van der Waals surface area contributed by atoms with Gasteiger partial charge in [-0.15, -0.1) is 0 Å². The molecule has 2 atom stereocenters. The van der Waals surface area contributed by atoms with Crippen molar-refractivity contribution >= 4 is 17.6 Å². The molecule has 0 aliphatic carbocycles. The molecule has 0 fully saturated rings. The van der Waals surface area contributed by atoms with Crippen molar-refractivity contribution in [3.05, 3.63) is 28.8 Å². The smallest absolute Gasteiger partial charge is 0.311 e. The van der Waals surface area contributed by atoms with E-state index in [2.05, 4.69) is 0 Å². The standard InChI is InChI=1S/C14H19ClO3/c1-4-5-9(2)13(14(16)17)11-8-10(15)6-7-12(11)18-3/h6-9,13H,4-5H2,1-3H3,(H,16,17). The van der Waals surface area contributed by atoms with Crippen molar-refractivity contribution in [2.24, 2.45) is 5.92 Å². The van der Waals surface area contributed by atoms with Gasteiger partial charge in [0.1, 0.15) is 5.75 Å². The van der Waals surface area contributed by atoms with E-state index in [4.69, 9.17) is 16.3 Å². The number of ether oxygens (including phenoxy) is 1. The van der Waals surface area contributed by atoms with E-state index in [1.165, 1.54) is 7.11 Å². The summed E-state index contributed by atoms with van der Waals surface area (Å²) in [6.45, 7) is 3.99. The van der Waals surface area contributed by atoms with Crippen molar-refractivity contribution in [2.75, 3.05) is 7.11 Å². The summed E-state index contributed by atoms with van der Waals surface area (Å²) in [5.41, 5.74) is 0.651. The number of hydrogen-bond donors (Lipinski definition) is 1. The molecule has 0 amide bonds. The van der Waals surface area contributed by atoms with Crippen LogP contribution in [0.15, 0.2) is 18.2 Å². The van der Waals surface area contributed by atoms with E-state index in [0.717, 1.165) is 12.8 Å². The van der Waals surface area contributed by atoms with Crippen molar-refractivity contribution in [1.29, 1.82) is 0 Å². The number of carbonyl (C=O) groups is 1. The molecule has 3 nitrogen and oxygen atoms in total. The Morgan fingerprint density at radius 3 is 2.67 bits per heavy atom. The first-order valence-corrected chi connectivity index (χ1v) is 6.45. The molecule has 0 heterocycles. The van der Waals surface area contributed by atoms with Gasteiger partial charge >= 0.3 is 5.97 Å². The maximum Gasteiger partial charge on any atom is 0.311 e. The number of halogens is 1. The van der Waals surface area contributed by atoms with Crippen LogP contribution in [0.4, 0.5) is 0 Å². The minimum Gasteiger partial charge on any atom is -0.496 e. The van der Waals surface area contributed by atoms with Gasteiger partial charge in [-0.1, -0.05) is 31.9 Å². The summed E-state index contributed by atoms with van der Waals surface area (Å²) in [7, 11) is 1.54. The summed E-state index contributed by atoms with van der Waals surface area (Å²) in [5, 5.41) is 9.96. The van der Waals surface area contributed by atoms with Crippen molar-refractivity contribution in [2.45, 2.75) is 32.6 Å². The fourth-order valence-corrected chi connectivity index (χ4v) is 2.43. The third-order valence-corrected chi connectivity index (χ3v) is 3.34. The summed E-state index contributed by atoms with van der Waals surface area (Å²) < 4.78 is 5.24. The number of carboxylic acid groups (broad SMARTS) is 1. The van der Waals surface area contributed by atoms with Crippen molar-refractivity contribution in [1.82, 2.24) is 0 Å². The van der Waals surface area contributed by atoms with Crippen LogP contribution < -0.4 is 4.74 Å². The molecule has 0 radical (unpaired) electrons. The van der Waals surface area contributed by atoms with E-state index in [9.17, 15) is 9.90 Å². The average Bonchev–Trinajstić information content (AvgIpc) is 2.29. The second-order valence-corrected chi connectivity index (χ2v) is 4.90. The predicted octanol–water partition coefficient (Wildman–Crippen LogP) is 3.95. The molecule has 0 aliphatic heterocycles. The highest BCUT2D eigenvalue weighted by Gasteiger charge is 2.28. The molecule has 1 aromatic carbocycles. The predicted molar refractivity (Wildman–Crippen MR) is 72.5 cm³/mol. The Morgan fingerprint density at radius 2 is 2.17 bits per heavy atom. The zero-order valence-corrected chi connectivity index (χ0v) is 11.7. The first-order chi connectivity index (χ1) is 8.51. The molecule has 4 heteroatoms. The molecule has 0 aromatic heterocycles. The second kappa shape index (κ2) is 6.64. The first-order valence-electron chi connectivity index (χ1n) is 6.07. The Kier molecular flexibility index (Phi) is 5.48. The van der Waals surface area contributed by atoms with Gasteiger partial charge in [-0.05, 0) is 30.5 Å². The Balaban J connectivity index is 3.20. The van der Waals surface area contributed by atoms with E-state index in [0.29, 0.717) is 16.3 Å². The van der Waals surface area contributed by atoms with Gasteiger partial charge in [0.2, 0.25) is 0 Å². The monoisotopic (exact) mass is 270 g/mol. The number of rotatable bonds is 6. The van der Waals surface area contributed by atoms with Crippen LogP contribution in [0, 0.1) is 5.92 Å². The average molecular weight is 271 g/mol. The molecule has 0 saturated carbocycles. The van der Waals surface area contributed by atoms with Crippen LogP contribution in [-0.4, -0.2) is 18.2 Å². The maximum absolute atomic E-state index is 11.5. The summed E-state index contributed by atoms with van der Waals surface area (Å²) in [5.74, 6) is -0.801. The van der Waals surface area contributed by atoms with E-state index in [-0.39, 0.29) is 5.92 Å². The van der Waals surface area contributed by atoms with Gasteiger partial charge in [-0.25, -0.2) is 0 Å². The second-order valence-electron chi connectivity index (χ2n) is 4.47. The molecular formula is C14H19ClO3. The number of methoxy groups -OCH3 is 1. The lowest BCUT2D eigenvalue weighted by atomic mass is 9.84. The van der Waals surface area contributed by atoms with Gasteiger partial charge in [0, 0.05) is 10.6 Å². The van der Waals surface area contributed by atoms with Crippen molar-refractivity contribution in [3.63, 3.8) is 0 Å². The molecule has 0 saturated heterocycles. The fourth-order valence-electron chi connectivity index (χ4n) is 2.25. The first kappa shape index (κ1) is 14.8. The highest BCUT2D eigenvalue weighted by molar-refractivity contribution is 6.30. The Bertz CT molecular complexity index is 418. The van der Waals surface area contributed by atoms with E-state index in [1.54, 1.807) is 18.2 Å². The molecule has 0 spiro atoms.